The Kier molecular flexibility index (Phi) is 11.4. The van der Waals surface area contributed by atoms with Crippen LogP contribution in [-0.4, -0.2) is 13.1 Å². The second-order valence-corrected chi connectivity index (χ2v) is 3.60. The molecule has 1 nitrogen and oxygen atoms in total. The van der Waals surface area contributed by atoms with Crippen LogP contribution in [0.5, 0.6) is 0 Å². The van der Waals surface area contributed by atoms with Crippen LogP contribution in [0.3, 0.4) is 0 Å². The average Bonchev–Trinajstić information content (AvgIpc) is 2.16. The van der Waals surface area contributed by atoms with E-state index in [-0.39, 0.29) is 0 Å². The maximum Gasteiger partial charge on any atom is -0.00144 e. The normalized spacial score (nSPS) is 10.2. The number of hydrogen-bond donors (Lipinski definition) is 1. The molecule has 1 N–H and O–H groups in total. The van der Waals surface area contributed by atoms with E-state index in [9.17, 15) is 0 Å². The molecule has 0 bridgehead atoms. The Morgan fingerprint density at radius 1 is 1.00 bits per heavy atom. The monoisotopic (exact) mass is 183 g/mol. The summed E-state index contributed by atoms with van der Waals surface area (Å²) in [5.74, 6) is 0. The van der Waals surface area contributed by atoms with E-state index < -0.39 is 0 Å². The third-order valence-electron chi connectivity index (χ3n) is 2.23. The molecule has 0 aliphatic heterocycles. The van der Waals surface area contributed by atoms with E-state index in [1.54, 1.807) is 0 Å². The molecule has 0 aromatic carbocycles. The predicted octanol–water partition coefficient (Wildman–Crippen LogP) is 3.51. The topological polar surface area (TPSA) is 12.0 Å². The molecule has 0 aliphatic carbocycles. The van der Waals surface area contributed by atoms with Crippen molar-refractivity contribution in [2.75, 3.05) is 13.1 Å². The molecule has 0 heterocycles. The Morgan fingerprint density at radius 3 is 2.38 bits per heavy atom. The van der Waals surface area contributed by atoms with Gasteiger partial charge in [0.15, 0.2) is 0 Å². The Labute approximate surface area is 83.6 Å². The van der Waals surface area contributed by atoms with Crippen molar-refractivity contribution in [2.24, 2.45) is 0 Å². The Bertz CT molecular complexity index is 99.3. The first-order valence-electron chi connectivity index (χ1n) is 5.73. The van der Waals surface area contributed by atoms with Gasteiger partial charge in [-0.05, 0) is 25.9 Å². The average molecular weight is 183 g/mol. The van der Waals surface area contributed by atoms with Gasteiger partial charge in [-0.3, -0.25) is 0 Å². The van der Waals surface area contributed by atoms with Crippen LogP contribution in [0.25, 0.3) is 0 Å². The summed E-state index contributed by atoms with van der Waals surface area (Å²) in [6.07, 6.45) is 11.4. The third-order valence-corrected chi connectivity index (χ3v) is 2.23. The molecule has 0 aromatic rings. The Morgan fingerprint density at radius 2 is 1.69 bits per heavy atom. The molecule has 0 aliphatic rings. The minimum atomic E-state index is 1.09. The number of unbranched alkanes of at least 4 members (excludes halogenated alkanes) is 5. The first kappa shape index (κ1) is 12.7. The highest BCUT2D eigenvalue weighted by Gasteiger charge is 1.89. The summed E-state index contributed by atoms with van der Waals surface area (Å²) in [5, 5.41) is 3.41. The van der Waals surface area contributed by atoms with E-state index >= 15 is 0 Å². The zero-order chi connectivity index (χ0) is 9.78. The summed E-state index contributed by atoms with van der Waals surface area (Å²) < 4.78 is 0. The van der Waals surface area contributed by atoms with Gasteiger partial charge in [0.2, 0.25) is 0 Å². The summed E-state index contributed by atoms with van der Waals surface area (Å²) in [7, 11) is 0. The van der Waals surface area contributed by atoms with E-state index in [0.29, 0.717) is 0 Å². The fraction of sp³-hybridized carbons (Fsp3) is 0.833. The highest BCUT2D eigenvalue weighted by molar-refractivity contribution is 4.67. The second-order valence-electron chi connectivity index (χ2n) is 3.60. The molecule has 0 saturated heterocycles. The maximum atomic E-state index is 3.69. The van der Waals surface area contributed by atoms with E-state index in [2.05, 4.69) is 18.8 Å². The van der Waals surface area contributed by atoms with Crippen LogP contribution in [0.4, 0.5) is 0 Å². The second kappa shape index (κ2) is 11.7. The lowest BCUT2D eigenvalue weighted by molar-refractivity contribution is 0.574. The molecule has 0 radical (unpaired) electrons. The van der Waals surface area contributed by atoms with Crippen LogP contribution in [0.1, 0.15) is 51.9 Å². The quantitative estimate of drug-likeness (QED) is 0.404. The van der Waals surface area contributed by atoms with Gasteiger partial charge in [-0.25, -0.2) is 0 Å². The summed E-state index contributed by atoms with van der Waals surface area (Å²) in [6, 6.07) is 0. The summed E-state index contributed by atoms with van der Waals surface area (Å²) in [6.45, 7) is 8.23. The van der Waals surface area contributed by atoms with Gasteiger partial charge in [0.05, 0.1) is 0 Å². The smallest absolute Gasteiger partial charge is 0.00144 e. The van der Waals surface area contributed by atoms with E-state index in [1.807, 2.05) is 6.08 Å². The number of rotatable bonds is 10. The van der Waals surface area contributed by atoms with E-state index in [4.69, 9.17) is 0 Å². The Hall–Kier alpha value is -0.300. The van der Waals surface area contributed by atoms with Crippen molar-refractivity contribution >= 4 is 0 Å². The van der Waals surface area contributed by atoms with Gasteiger partial charge < -0.3 is 5.32 Å². The first-order valence-corrected chi connectivity index (χ1v) is 5.73. The zero-order valence-electron chi connectivity index (χ0n) is 9.15. The SMILES string of the molecule is C=CCCNCCCCCCCC. The van der Waals surface area contributed by atoms with Crippen LogP contribution in [0.2, 0.25) is 0 Å². The minimum Gasteiger partial charge on any atom is -0.316 e. The van der Waals surface area contributed by atoms with E-state index in [0.717, 1.165) is 13.0 Å². The number of hydrogen-bond acceptors (Lipinski definition) is 1. The van der Waals surface area contributed by atoms with Crippen LogP contribution >= 0.6 is 0 Å². The molecule has 0 fully saturated rings. The van der Waals surface area contributed by atoms with Crippen molar-refractivity contribution < 1.29 is 0 Å². The zero-order valence-corrected chi connectivity index (χ0v) is 9.15. The van der Waals surface area contributed by atoms with Gasteiger partial charge in [0.1, 0.15) is 0 Å². The maximum absolute atomic E-state index is 3.69. The summed E-state index contributed by atoms with van der Waals surface area (Å²) in [5.41, 5.74) is 0. The molecule has 78 valence electrons. The van der Waals surface area contributed by atoms with E-state index in [1.165, 1.54) is 45.1 Å². The van der Waals surface area contributed by atoms with Crippen molar-refractivity contribution in [1.29, 1.82) is 0 Å². The van der Waals surface area contributed by atoms with Crippen LogP contribution in [-0.2, 0) is 0 Å². The van der Waals surface area contributed by atoms with Gasteiger partial charge in [-0.2, -0.15) is 0 Å². The standard InChI is InChI=1S/C12H25N/c1-3-5-7-8-9-10-12-13-11-6-4-2/h4,13H,2-3,5-12H2,1H3. The molecule has 13 heavy (non-hydrogen) atoms. The van der Waals surface area contributed by atoms with Gasteiger partial charge in [-0.1, -0.05) is 45.1 Å². The Balaban J connectivity index is 2.79. The summed E-state index contributed by atoms with van der Waals surface area (Å²) >= 11 is 0. The largest absolute Gasteiger partial charge is 0.316 e. The van der Waals surface area contributed by atoms with Crippen LogP contribution < -0.4 is 5.32 Å². The minimum absolute atomic E-state index is 1.09. The molecule has 0 aromatic heterocycles. The van der Waals surface area contributed by atoms with Crippen molar-refractivity contribution in [2.45, 2.75) is 51.9 Å². The van der Waals surface area contributed by atoms with Crippen molar-refractivity contribution in [3.05, 3.63) is 12.7 Å². The van der Waals surface area contributed by atoms with Gasteiger partial charge in [0, 0.05) is 0 Å². The molecular weight excluding hydrogens is 158 g/mol. The lowest BCUT2D eigenvalue weighted by Gasteiger charge is -2.02. The third kappa shape index (κ3) is 11.7. The van der Waals surface area contributed by atoms with Crippen molar-refractivity contribution in [3.63, 3.8) is 0 Å². The van der Waals surface area contributed by atoms with Crippen LogP contribution in [0.15, 0.2) is 12.7 Å². The molecule has 0 atom stereocenters. The fourth-order valence-electron chi connectivity index (χ4n) is 1.36. The molecule has 0 saturated carbocycles. The molecular formula is C12H25N. The predicted molar refractivity (Wildman–Crippen MR) is 61.1 cm³/mol. The highest BCUT2D eigenvalue weighted by Crippen LogP contribution is 2.03. The first-order chi connectivity index (χ1) is 6.41. The molecule has 1 heteroatoms. The molecule has 0 amide bonds. The lowest BCUT2D eigenvalue weighted by atomic mass is 10.1. The van der Waals surface area contributed by atoms with Crippen LogP contribution in [0, 0.1) is 0 Å². The fourth-order valence-corrected chi connectivity index (χ4v) is 1.36. The highest BCUT2D eigenvalue weighted by atomic mass is 14.8. The summed E-state index contributed by atoms with van der Waals surface area (Å²) in [4.78, 5) is 0. The van der Waals surface area contributed by atoms with Gasteiger partial charge in [0.25, 0.3) is 0 Å². The van der Waals surface area contributed by atoms with Gasteiger partial charge in [-0.15, -0.1) is 6.58 Å². The van der Waals surface area contributed by atoms with Gasteiger partial charge >= 0.3 is 0 Å². The van der Waals surface area contributed by atoms with Crippen molar-refractivity contribution in [1.82, 2.24) is 5.32 Å². The lowest BCUT2D eigenvalue weighted by Crippen LogP contribution is -2.15. The molecule has 0 rings (SSSR count). The van der Waals surface area contributed by atoms with Crippen molar-refractivity contribution in [3.8, 4) is 0 Å². The molecule has 0 unspecified atom stereocenters. The molecule has 0 spiro atoms. The number of nitrogens with one attached hydrogen (secondary N) is 1.